The summed E-state index contributed by atoms with van der Waals surface area (Å²) < 4.78 is 5.69. The fourth-order valence-electron chi connectivity index (χ4n) is 1.84. The highest BCUT2D eigenvalue weighted by Gasteiger charge is 1.98. The first-order chi connectivity index (χ1) is 9.38. The van der Waals surface area contributed by atoms with Crippen LogP contribution in [0, 0.1) is 0 Å². The van der Waals surface area contributed by atoms with E-state index in [0.29, 0.717) is 6.61 Å². The molecule has 100 valence electrons. The van der Waals surface area contributed by atoms with Gasteiger partial charge in [0.2, 0.25) is 0 Å². The second-order valence-electron chi connectivity index (χ2n) is 4.47. The first-order valence-electron chi connectivity index (χ1n) is 6.70. The minimum absolute atomic E-state index is 0.577. The number of hydrogen-bond donors (Lipinski definition) is 1. The average Bonchev–Trinajstić information content (AvgIpc) is 2.47. The van der Waals surface area contributed by atoms with Crippen LogP contribution in [-0.2, 0) is 13.2 Å². The summed E-state index contributed by atoms with van der Waals surface area (Å²) in [6.07, 6.45) is 4.63. The molecule has 3 nitrogen and oxygen atoms in total. The van der Waals surface area contributed by atoms with Crippen molar-refractivity contribution in [2.24, 2.45) is 0 Å². The summed E-state index contributed by atoms with van der Waals surface area (Å²) in [4.78, 5) is 4.03. The zero-order valence-corrected chi connectivity index (χ0v) is 11.3. The van der Waals surface area contributed by atoms with Gasteiger partial charge in [-0.1, -0.05) is 31.2 Å². The Kier molecular flexibility index (Phi) is 5.38. The maximum absolute atomic E-state index is 5.69. The molecule has 0 aliphatic heterocycles. The van der Waals surface area contributed by atoms with E-state index in [1.165, 1.54) is 11.1 Å². The van der Waals surface area contributed by atoms with Gasteiger partial charge in [-0.25, -0.2) is 0 Å². The lowest BCUT2D eigenvalue weighted by Crippen LogP contribution is -2.13. The number of aromatic nitrogens is 1. The minimum atomic E-state index is 0.577. The third-order valence-electron chi connectivity index (χ3n) is 2.79. The number of hydrogen-bond acceptors (Lipinski definition) is 3. The van der Waals surface area contributed by atoms with Crippen LogP contribution in [0.1, 0.15) is 24.5 Å². The molecule has 0 saturated heterocycles. The lowest BCUT2D eigenvalue weighted by molar-refractivity contribution is 0.305. The predicted molar refractivity (Wildman–Crippen MR) is 77.0 cm³/mol. The van der Waals surface area contributed by atoms with E-state index in [9.17, 15) is 0 Å². The smallest absolute Gasteiger partial charge is 0.138 e. The van der Waals surface area contributed by atoms with Crippen LogP contribution in [0.2, 0.25) is 0 Å². The van der Waals surface area contributed by atoms with Crippen molar-refractivity contribution in [3.05, 3.63) is 59.9 Å². The van der Waals surface area contributed by atoms with Crippen molar-refractivity contribution >= 4 is 0 Å². The van der Waals surface area contributed by atoms with Crippen LogP contribution in [0.3, 0.4) is 0 Å². The molecule has 2 rings (SSSR count). The molecule has 0 saturated carbocycles. The number of benzene rings is 1. The van der Waals surface area contributed by atoms with E-state index in [1.807, 2.05) is 12.1 Å². The standard InChI is InChI=1S/C16H20N2O/c1-2-8-17-11-14-5-3-6-15(10-14)13-19-16-7-4-9-18-12-16/h3-7,9-10,12,17H,2,8,11,13H2,1H3. The molecule has 1 aromatic carbocycles. The molecular formula is C16H20N2O. The molecule has 1 aromatic heterocycles. The molecule has 0 radical (unpaired) electrons. The van der Waals surface area contributed by atoms with E-state index in [4.69, 9.17) is 4.74 Å². The highest BCUT2D eigenvalue weighted by molar-refractivity contribution is 5.24. The fraction of sp³-hybridized carbons (Fsp3) is 0.312. The van der Waals surface area contributed by atoms with Crippen molar-refractivity contribution < 1.29 is 4.74 Å². The van der Waals surface area contributed by atoms with Gasteiger partial charge in [-0.2, -0.15) is 0 Å². The Hall–Kier alpha value is -1.87. The van der Waals surface area contributed by atoms with Crippen molar-refractivity contribution in [2.45, 2.75) is 26.5 Å². The lowest BCUT2D eigenvalue weighted by Gasteiger charge is -2.08. The normalized spacial score (nSPS) is 10.4. The number of nitrogens with zero attached hydrogens (tertiary/aromatic N) is 1. The first-order valence-corrected chi connectivity index (χ1v) is 6.70. The molecular weight excluding hydrogens is 236 g/mol. The maximum atomic E-state index is 5.69. The van der Waals surface area contributed by atoms with Crippen LogP contribution >= 0.6 is 0 Å². The first kappa shape index (κ1) is 13.6. The molecule has 0 spiro atoms. The largest absolute Gasteiger partial charge is 0.487 e. The van der Waals surface area contributed by atoms with Crippen LogP contribution in [0.15, 0.2) is 48.8 Å². The van der Waals surface area contributed by atoms with Crippen LogP contribution in [0.5, 0.6) is 5.75 Å². The third-order valence-corrected chi connectivity index (χ3v) is 2.79. The Balaban J connectivity index is 1.88. The summed E-state index contributed by atoms with van der Waals surface area (Å²) in [5.74, 6) is 0.803. The van der Waals surface area contributed by atoms with Gasteiger partial charge in [0.25, 0.3) is 0 Å². The Morgan fingerprint density at radius 2 is 2.05 bits per heavy atom. The van der Waals surface area contributed by atoms with E-state index in [1.54, 1.807) is 12.4 Å². The second kappa shape index (κ2) is 7.54. The molecule has 0 fully saturated rings. The summed E-state index contributed by atoms with van der Waals surface area (Å²) in [6, 6.07) is 12.3. The summed E-state index contributed by atoms with van der Waals surface area (Å²) in [5, 5.41) is 3.40. The molecule has 0 bridgehead atoms. The Labute approximate surface area is 114 Å². The van der Waals surface area contributed by atoms with Crippen LogP contribution in [-0.4, -0.2) is 11.5 Å². The molecule has 3 heteroatoms. The van der Waals surface area contributed by atoms with Gasteiger partial charge < -0.3 is 10.1 Å². The van der Waals surface area contributed by atoms with Gasteiger partial charge in [0.15, 0.2) is 0 Å². The van der Waals surface area contributed by atoms with E-state index >= 15 is 0 Å². The van der Waals surface area contributed by atoms with Gasteiger partial charge in [0.1, 0.15) is 12.4 Å². The average molecular weight is 256 g/mol. The highest BCUT2D eigenvalue weighted by atomic mass is 16.5. The summed E-state index contributed by atoms with van der Waals surface area (Å²) >= 11 is 0. The fourth-order valence-corrected chi connectivity index (χ4v) is 1.84. The molecule has 0 amide bonds. The monoisotopic (exact) mass is 256 g/mol. The topological polar surface area (TPSA) is 34.1 Å². The van der Waals surface area contributed by atoms with Gasteiger partial charge >= 0.3 is 0 Å². The Morgan fingerprint density at radius 1 is 1.16 bits per heavy atom. The molecule has 1 heterocycles. The van der Waals surface area contributed by atoms with Gasteiger partial charge in [-0.3, -0.25) is 4.98 Å². The minimum Gasteiger partial charge on any atom is -0.487 e. The van der Waals surface area contributed by atoms with Crippen molar-refractivity contribution in [1.29, 1.82) is 0 Å². The van der Waals surface area contributed by atoms with Crippen LogP contribution in [0.25, 0.3) is 0 Å². The van der Waals surface area contributed by atoms with Crippen molar-refractivity contribution in [3.63, 3.8) is 0 Å². The summed E-state index contributed by atoms with van der Waals surface area (Å²) in [7, 11) is 0. The van der Waals surface area contributed by atoms with Gasteiger partial charge in [0, 0.05) is 12.7 Å². The van der Waals surface area contributed by atoms with E-state index in [0.717, 1.165) is 25.3 Å². The zero-order valence-electron chi connectivity index (χ0n) is 11.3. The quantitative estimate of drug-likeness (QED) is 0.773. The molecule has 1 N–H and O–H groups in total. The van der Waals surface area contributed by atoms with Gasteiger partial charge in [0.05, 0.1) is 6.20 Å². The molecule has 2 aromatic rings. The lowest BCUT2D eigenvalue weighted by atomic mass is 10.1. The Bertz CT molecular complexity index is 485. The molecule has 0 atom stereocenters. The number of ether oxygens (including phenoxy) is 1. The van der Waals surface area contributed by atoms with Crippen molar-refractivity contribution in [2.75, 3.05) is 6.54 Å². The predicted octanol–water partition coefficient (Wildman–Crippen LogP) is 3.16. The Morgan fingerprint density at radius 3 is 2.84 bits per heavy atom. The van der Waals surface area contributed by atoms with Crippen molar-refractivity contribution in [1.82, 2.24) is 10.3 Å². The maximum Gasteiger partial charge on any atom is 0.138 e. The summed E-state index contributed by atoms with van der Waals surface area (Å²) in [5.41, 5.74) is 2.47. The summed E-state index contributed by atoms with van der Waals surface area (Å²) in [6.45, 7) is 4.71. The highest BCUT2D eigenvalue weighted by Crippen LogP contribution is 2.11. The van der Waals surface area contributed by atoms with E-state index < -0.39 is 0 Å². The van der Waals surface area contributed by atoms with Crippen LogP contribution in [0.4, 0.5) is 0 Å². The number of rotatable bonds is 7. The van der Waals surface area contributed by atoms with E-state index in [-0.39, 0.29) is 0 Å². The van der Waals surface area contributed by atoms with Crippen molar-refractivity contribution in [3.8, 4) is 5.75 Å². The third kappa shape index (κ3) is 4.72. The second-order valence-corrected chi connectivity index (χ2v) is 4.47. The van der Waals surface area contributed by atoms with Gasteiger partial charge in [-0.15, -0.1) is 0 Å². The number of nitrogens with one attached hydrogen (secondary N) is 1. The molecule has 0 aliphatic rings. The zero-order chi connectivity index (χ0) is 13.3. The SMILES string of the molecule is CCCNCc1cccc(COc2cccnc2)c1. The van der Waals surface area contributed by atoms with Gasteiger partial charge in [-0.05, 0) is 36.2 Å². The number of pyridine rings is 1. The molecule has 19 heavy (non-hydrogen) atoms. The van der Waals surface area contributed by atoms with E-state index in [2.05, 4.69) is 41.5 Å². The molecule has 0 aliphatic carbocycles. The molecule has 0 unspecified atom stereocenters. The van der Waals surface area contributed by atoms with Crippen LogP contribution < -0.4 is 10.1 Å².